The van der Waals surface area contributed by atoms with Crippen LogP contribution in [0.5, 0.6) is 0 Å². The minimum absolute atomic E-state index is 0.0162. The number of carbonyl (C=O) groups is 1. The molecule has 1 fully saturated rings. The molecule has 0 spiro atoms. The Labute approximate surface area is 226 Å². The molecule has 3 aromatic rings. The highest BCUT2D eigenvalue weighted by Gasteiger charge is 2.39. The second kappa shape index (κ2) is 12.5. The molecule has 0 aliphatic heterocycles. The van der Waals surface area contributed by atoms with E-state index < -0.39 is 5.79 Å². The molecule has 0 radical (unpaired) electrons. The van der Waals surface area contributed by atoms with Gasteiger partial charge in [0.05, 0.1) is 41.3 Å². The van der Waals surface area contributed by atoms with Crippen LogP contribution in [0.4, 0.5) is 5.82 Å². The molecule has 1 aliphatic rings. The Balaban J connectivity index is 0.00000186. The molecule has 202 valence electrons. The van der Waals surface area contributed by atoms with Gasteiger partial charge in [0.15, 0.2) is 10.9 Å². The molecule has 2 unspecified atom stereocenters. The molecular formula is C26H37N5O4S2. The van der Waals surface area contributed by atoms with Crippen molar-refractivity contribution in [3.8, 4) is 10.6 Å². The predicted octanol–water partition coefficient (Wildman–Crippen LogP) is 5.38. The first-order valence-electron chi connectivity index (χ1n) is 12.5. The minimum atomic E-state index is -1.30. The number of thioether (sulfide) groups is 1. The number of aromatic nitrogens is 4. The summed E-state index contributed by atoms with van der Waals surface area (Å²) in [5.41, 5.74) is 3.46. The minimum Gasteiger partial charge on any atom is -0.469 e. The summed E-state index contributed by atoms with van der Waals surface area (Å²) in [5.74, 6) is -0.975. The zero-order valence-electron chi connectivity index (χ0n) is 22.8. The van der Waals surface area contributed by atoms with Gasteiger partial charge in [-0.05, 0) is 58.8 Å². The number of anilines is 1. The fourth-order valence-corrected chi connectivity index (χ4v) is 6.03. The van der Waals surface area contributed by atoms with Gasteiger partial charge in [-0.15, -0.1) is 11.3 Å². The van der Waals surface area contributed by atoms with E-state index in [-0.39, 0.29) is 30.5 Å². The van der Waals surface area contributed by atoms with Crippen LogP contribution < -0.4 is 5.32 Å². The van der Waals surface area contributed by atoms with Gasteiger partial charge < -0.3 is 19.9 Å². The van der Waals surface area contributed by atoms with E-state index in [2.05, 4.69) is 15.3 Å². The highest BCUT2D eigenvalue weighted by atomic mass is 32.2. The summed E-state index contributed by atoms with van der Waals surface area (Å²) in [5, 5.41) is 15.3. The van der Waals surface area contributed by atoms with Crippen LogP contribution in [-0.4, -0.2) is 62.3 Å². The number of nitrogens with one attached hydrogen (secondary N) is 1. The zero-order chi connectivity index (χ0) is 27.3. The second-order valence-corrected chi connectivity index (χ2v) is 11.0. The zero-order valence-corrected chi connectivity index (χ0v) is 24.4. The Kier molecular flexibility index (Phi) is 9.85. The fourth-order valence-electron chi connectivity index (χ4n) is 4.51. The fraction of sp³-hybridized carbons (Fsp3) is 0.577. The van der Waals surface area contributed by atoms with Crippen LogP contribution in [0.25, 0.3) is 20.8 Å². The average molecular weight is 548 g/mol. The normalized spacial score (nSPS) is 19.4. The van der Waals surface area contributed by atoms with Gasteiger partial charge in [0, 0.05) is 12.2 Å². The van der Waals surface area contributed by atoms with Crippen molar-refractivity contribution >= 4 is 45.1 Å². The van der Waals surface area contributed by atoms with Gasteiger partial charge in [-0.25, -0.2) is 15.0 Å². The van der Waals surface area contributed by atoms with Gasteiger partial charge in [-0.2, -0.15) is 0 Å². The molecule has 1 aliphatic carbocycles. The maximum atomic E-state index is 12.0. The third-order valence-corrected chi connectivity index (χ3v) is 7.61. The Hall–Kier alpha value is -2.34. The SMILES string of the molecule is CC.COC(=O)CC1CC(Nc2nc(SC)nc(C)c2-c2nc3c(C)nccc3s2)C[C@@H]1OC(C)(C)O. The monoisotopic (exact) mass is 547 g/mol. The van der Waals surface area contributed by atoms with Crippen molar-refractivity contribution in [3.63, 3.8) is 0 Å². The van der Waals surface area contributed by atoms with E-state index in [1.54, 1.807) is 31.4 Å². The number of aryl methyl sites for hydroxylation is 2. The lowest BCUT2D eigenvalue weighted by molar-refractivity contribution is -0.213. The Morgan fingerprint density at radius 2 is 1.95 bits per heavy atom. The summed E-state index contributed by atoms with van der Waals surface area (Å²) in [4.78, 5) is 30.7. The Bertz CT molecular complexity index is 1230. The summed E-state index contributed by atoms with van der Waals surface area (Å²) < 4.78 is 11.9. The first-order chi connectivity index (χ1) is 17.6. The van der Waals surface area contributed by atoms with E-state index in [4.69, 9.17) is 19.4 Å². The van der Waals surface area contributed by atoms with Crippen molar-refractivity contribution in [1.29, 1.82) is 0 Å². The highest BCUT2D eigenvalue weighted by Crippen LogP contribution is 2.40. The Morgan fingerprint density at radius 3 is 2.57 bits per heavy atom. The number of rotatable bonds is 8. The van der Waals surface area contributed by atoms with Crippen LogP contribution in [0.1, 0.15) is 58.3 Å². The van der Waals surface area contributed by atoms with E-state index in [0.717, 1.165) is 32.2 Å². The predicted molar refractivity (Wildman–Crippen MR) is 149 cm³/mol. The van der Waals surface area contributed by atoms with Crippen molar-refractivity contribution in [1.82, 2.24) is 19.9 Å². The standard InChI is InChI=1S/C24H31N5O4S2.C2H6/c1-12-19(22-28-20-13(2)25-8-7-17(20)35-22)21(29-23(26-12)34-6)27-15-9-14(10-18(30)32-5)16(11-15)33-24(3,4)31;1-2/h7-8,14-16,31H,9-11H2,1-6H3,(H,26,27,29);1-2H3/t14?,15?,16-;/m0./s1. The van der Waals surface area contributed by atoms with E-state index in [0.29, 0.717) is 23.8 Å². The molecule has 1 saturated carbocycles. The smallest absolute Gasteiger partial charge is 0.305 e. The molecule has 3 atom stereocenters. The lowest BCUT2D eigenvalue weighted by Crippen LogP contribution is -2.33. The second-order valence-electron chi connectivity index (χ2n) is 9.24. The van der Waals surface area contributed by atoms with E-state index in [1.165, 1.54) is 18.9 Å². The molecule has 3 aromatic heterocycles. The van der Waals surface area contributed by atoms with Crippen LogP contribution in [0.3, 0.4) is 0 Å². The van der Waals surface area contributed by atoms with Crippen molar-refractivity contribution in [2.75, 3.05) is 18.7 Å². The van der Waals surface area contributed by atoms with Crippen LogP contribution in [0.15, 0.2) is 17.4 Å². The van der Waals surface area contributed by atoms with Gasteiger partial charge in [0.25, 0.3) is 0 Å². The number of nitrogens with zero attached hydrogens (tertiary/aromatic N) is 4. The number of aliphatic hydroxyl groups is 1. The number of ether oxygens (including phenoxy) is 2. The van der Waals surface area contributed by atoms with Gasteiger partial charge in [0.1, 0.15) is 16.3 Å². The number of carbonyl (C=O) groups excluding carboxylic acids is 1. The molecular weight excluding hydrogens is 510 g/mol. The summed E-state index contributed by atoms with van der Waals surface area (Å²) in [6, 6.07) is 1.95. The molecule has 11 heteroatoms. The van der Waals surface area contributed by atoms with Crippen molar-refractivity contribution in [2.45, 2.75) is 83.9 Å². The molecule has 37 heavy (non-hydrogen) atoms. The van der Waals surface area contributed by atoms with Crippen molar-refractivity contribution in [3.05, 3.63) is 23.7 Å². The van der Waals surface area contributed by atoms with Gasteiger partial charge >= 0.3 is 5.97 Å². The lowest BCUT2D eigenvalue weighted by Gasteiger charge is -2.27. The van der Waals surface area contributed by atoms with Crippen LogP contribution in [-0.2, 0) is 14.3 Å². The molecule has 0 saturated heterocycles. The van der Waals surface area contributed by atoms with Crippen molar-refractivity contribution in [2.24, 2.45) is 5.92 Å². The van der Waals surface area contributed by atoms with Crippen LogP contribution >= 0.6 is 23.1 Å². The topological polar surface area (TPSA) is 119 Å². The first-order valence-corrected chi connectivity index (χ1v) is 14.5. The number of methoxy groups -OCH3 is 1. The number of hydrogen-bond acceptors (Lipinski definition) is 11. The van der Waals surface area contributed by atoms with Crippen LogP contribution in [0.2, 0.25) is 0 Å². The van der Waals surface area contributed by atoms with Crippen LogP contribution in [0, 0.1) is 19.8 Å². The van der Waals surface area contributed by atoms with Gasteiger partial charge in [-0.3, -0.25) is 9.78 Å². The third kappa shape index (κ3) is 7.16. The summed E-state index contributed by atoms with van der Waals surface area (Å²) >= 11 is 3.07. The number of hydrogen-bond donors (Lipinski definition) is 2. The molecule has 2 N–H and O–H groups in total. The first kappa shape index (κ1) is 29.2. The molecule has 4 rings (SSSR count). The number of esters is 1. The molecule has 0 bridgehead atoms. The van der Waals surface area contributed by atoms with E-state index in [1.807, 2.05) is 40.0 Å². The van der Waals surface area contributed by atoms with Crippen molar-refractivity contribution < 1.29 is 19.4 Å². The molecule has 0 aromatic carbocycles. The lowest BCUT2D eigenvalue weighted by atomic mass is 10.0. The highest BCUT2D eigenvalue weighted by molar-refractivity contribution is 7.98. The number of thiazole rings is 1. The average Bonchev–Trinajstić information content (AvgIpc) is 3.43. The largest absolute Gasteiger partial charge is 0.469 e. The van der Waals surface area contributed by atoms with E-state index >= 15 is 0 Å². The quantitative estimate of drug-likeness (QED) is 0.165. The van der Waals surface area contributed by atoms with Gasteiger partial charge in [0.2, 0.25) is 0 Å². The molecule has 9 nitrogen and oxygen atoms in total. The number of fused-ring (bicyclic) bond motifs is 1. The maximum absolute atomic E-state index is 12.0. The molecule has 0 amide bonds. The van der Waals surface area contributed by atoms with E-state index in [9.17, 15) is 9.90 Å². The molecule has 3 heterocycles. The summed E-state index contributed by atoms with van der Waals surface area (Å²) in [6.07, 6.45) is 4.96. The number of pyridine rings is 1. The maximum Gasteiger partial charge on any atom is 0.305 e. The summed E-state index contributed by atoms with van der Waals surface area (Å²) in [7, 11) is 1.38. The Morgan fingerprint density at radius 1 is 1.22 bits per heavy atom. The van der Waals surface area contributed by atoms with Gasteiger partial charge in [-0.1, -0.05) is 25.6 Å². The third-order valence-electron chi connectivity index (χ3n) is 6.02. The summed E-state index contributed by atoms with van der Waals surface area (Å²) in [6.45, 7) is 11.1.